The zero-order valence-corrected chi connectivity index (χ0v) is 15.9. The summed E-state index contributed by atoms with van der Waals surface area (Å²) in [5.41, 5.74) is 1.68. The Morgan fingerprint density at radius 1 is 1.07 bits per heavy atom. The van der Waals surface area contributed by atoms with Gasteiger partial charge in [-0.2, -0.15) is 0 Å². The van der Waals surface area contributed by atoms with E-state index in [2.05, 4.69) is 0 Å². The first-order valence-electron chi connectivity index (χ1n) is 8.75. The van der Waals surface area contributed by atoms with Gasteiger partial charge in [-0.15, -0.1) is 0 Å². The third-order valence-corrected chi connectivity index (χ3v) is 5.54. The summed E-state index contributed by atoms with van der Waals surface area (Å²) in [6.45, 7) is 1.42. The fraction of sp³-hybridized carbons (Fsp3) is 0.250. The first-order valence-corrected chi connectivity index (χ1v) is 9.51. The predicted octanol–water partition coefficient (Wildman–Crippen LogP) is 5.76. The molecule has 27 heavy (non-hydrogen) atoms. The average molecular weight is 407 g/mol. The molecule has 0 amide bonds. The largest absolute Gasteiger partial charge is 0.476 e. The van der Waals surface area contributed by atoms with E-state index in [9.17, 15) is 14.3 Å². The summed E-state index contributed by atoms with van der Waals surface area (Å²) in [6, 6.07) is 9.75. The fourth-order valence-corrected chi connectivity index (χ4v) is 4.24. The summed E-state index contributed by atoms with van der Waals surface area (Å²) in [5.74, 6) is -1.66. The van der Waals surface area contributed by atoms with E-state index in [-0.39, 0.29) is 10.7 Å². The van der Waals surface area contributed by atoms with Gasteiger partial charge in [-0.3, -0.25) is 0 Å². The third-order valence-electron chi connectivity index (χ3n) is 4.94. The number of aromatic carboxylic acids is 1. The number of carboxylic acid groups (broad SMARTS) is 1. The lowest BCUT2D eigenvalue weighted by Crippen LogP contribution is -2.30. The first kappa shape index (κ1) is 18.1. The number of rotatable bonds is 3. The third kappa shape index (κ3) is 3.05. The Kier molecular flexibility index (Phi) is 4.74. The van der Waals surface area contributed by atoms with Crippen LogP contribution >= 0.6 is 23.2 Å². The monoisotopic (exact) mass is 406 g/mol. The Hall–Kier alpha value is -2.24. The molecular formula is C20H17Cl2FN2O2. The SMILES string of the molecule is O=C(O)c1c(N2CCCCC2)c2c(Cl)c(F)ccc2n1-c1cccc(Cl)c1. The molecule has 1 aliphatic heterocycles. The summed E-state index contributed by atoms with van der Waals surface area (Å²) in [5, 5.41) is 10.9. The molecule has 0 unspecified atom stereocenters. The van der Waals surface area contributed by atoms with E-state index in [0.29, 0.717) is 40.4 Å². The lowest BCUT2D eigenvalue weighted by Gasteiger charge is -2.29. The summed E-state index contributed by atoms with van der Waals surface area (Å²) in [7, 11) is 0. The second-order valence-electron chi connectivity index (χ2n) is 6.62. The lowest BCUT2D eigenvalue weighted by atomic mass is 10.1. The van der Waals surface area contributed by atoms with Gasteiger partial charge in [0.1, 0.15) is 5.82 Å². The Morgan fingerprint density at radius 2 is 1.81 bits per heavy atom. The highest BCUT2D eigenvalue weighted by Crippen LogP contribution is 2.42. The molecule has 0 aliphatic carbocycles. The molecule has 0 bridgehead atoms. The molecule has 0 saturated carbocycles. The number of carbonyl (C=O) groups is 1. The highest BCUT2D eigenvalue weighted by Gasteiger charge is 2.30. The number of piperidine rings is 1. The highest BCUT2D eigenvalue weighted by molar-refractivity contribution is 6.37. The van der Waals surface area contributed by atoms with Gasteiger partial charge in [0.15, 0.2) is 5.69 Å². The predicted molar refractivity (Wildman–Crippen MR) is 106 cm³/mol. The smallest absolute Gasteiger partial charge is 0.355 e. The molecule has 1 aliphatic rings. The van der Waals surface area contributed by atoms with Crippen LogP contribution in [-0.2, 0) is 0 Å². The van der Waals surface area contributed by atoms with Crippen LogP contribution in [0.4, 0.5) is 10.1 Å². The average Bonchev–Trinajstić information content (AvgIpc) is 3.01. The number of anilines is 1. The highest BCUT2D eigenvalue weighted by atomic mass is 35.5. The van der Waals surface area contributed by atoms with Gasteiger partial charge in [0.25, 0.3) is 0 Å². The van der Waals surface area contributed by atoms with Gasteiger partial charge >= 0.3 is 5.97 Å². The van der Waals surface area contributed by atoms with Gasteiger partial charge in [0, 0.05) is 29.2 Å². The molecule has 0 radical (unpaired) electrons. The maximum atomic E-state index is 14.3. The topological polar surface area (TPSA) is 45.5 Å². The Bertz CT molecular complexity index is 1040. The molecule has 3 aromatic rings. The first-order chi connectivity index (χ1) is 13.0. The van der Waals surface area contributed by atoms with Crippen molar-refractivity contribution in [1.82, 2.24) is 4.57 Å². The van der Waals surface area contributed by atoms with Crippen LogP contribution in [0.25, 0.3) is 16.6 Å². The molecule has 2 heterocycles. The Morgan fingerprint density at radius 3 is 2.48 bits per heavy atom. The molecule has 2 aromatic carbocycles. The molecule has 4 nitrogen and oxygen atoms in total. The molecule has 1 N–H and O–H groups in total. The van der Waals surface area contributed by atoms with Crippen molar-refractivity contribution in [3.05, 3.63) is 58.0 Å². The lowest BCUT2D eigenvalue weighted by molar-refractivity contribution is 0.0689. The zero-order valence-electron chi connectivity index (χ0n) is 14.4. The molecule has 1 aromatic heterocycles. The van der Waals surface area contributed by atoms with E-state index in [1.807, 2.05) is 4.90 Å². The van der Waals surface area contributed by atoms with E-state index >= 15 is 0 Å². The summed E-state index contributed by atoms with van der Waals surface area (Å²) < 4.78 is 15.9. The van der Waals surface area contributed by atoms with Crippen molar-refractivity contribution in [3.63, 3.8) is 0 Å². The van der Waals surface area contributed by atoms with Gasteiger partial charge in [-0.25, -0.2) is 9.18 Å². The number of hydrogen-bond acceptors (Lipinski definition) is 2. The van der Waals surface area contributed by atoms with E-state index in [1.54, 1.807) is 34.9 Å². The van der Waals surface area contributed by atoms with Crippen molar-refractivity contribution in [1.29, 1.82) is 0 Å². The molecule has 0 spiro atoms. The van der Waals surface area contributed by atoms with Crippen LogP contribution < -0.4 is 4.90 Å². The molecule has 1 saturated heterocycles. The van der Waals surface area contributed by atoms with Crippen LogP contribution in [-0.4, -0.2) is 28.7 Å². The fourth-order valence-electron chi connectivity index (χ4n) is 3.80. The van der Waals surface area contributed by atoms with Crippen molar-refractivity contribution in [2.24, 2.45) is 0 Å². The quantitative estimate of drug-likeness (QED) is 0.600. The van der Waals surface area contributed by atoms with E-state index in [1.165, 1.54) is 6.07 Å². The molecule has 140 valence electrons. The molecule has 4 rings (SSSR count). The van der Waals surface area contributed by atoms with Crippen molar-refractivity contribution in [2.75, 3.05) is 18.0 Å². The maximum Gasteiger partial charge on any atom is 0.355 e. The number of hydrogen-bond donors (Lipinski definition) is 1. The Labute approximate surface area is 165 Å². The number of nitrogens with zero attached hydrogens (tertiary/aromatic N) is 2. The minimum Gasteiger partial charge on any atom is -0.476 e. The zero-order chi connectivity index (χ0) is 19.1. The number of aromatic nitrogens is 1. The second kappa shape index (κ2) is 7.06. The van der Waals surface area contributed by atoms with Crippen LogP contribution in [0.15, 0.2) is 36.4 Å². The van der Waals surface area contributed by atoms with E-state index < -0.39 is 11.8 Å². The van der Waals surface area contributed by atoms with Gasteiger partial charge < -0.3 is 14.6 Å². The summed E-state index contributed by atoms with van der Waals surface area (Å²) in [6.07, 6.45) is 3.00. The van der Waals surface area contributed by atoms with Crippen molar-refractivity contribution in [3.8, 4) is 5.69 Å². The number of benzene rings is 2. The summed E-state index contributed by atoms with van der Waals surface area (Å²) in [4.78, 5) is 14.3. The molecule has 1 fully saturated rings. The van der Waals surface area contributed by atoms with Crippen LogP contribution in [0.3, 0.4) is 0 Å². The van der Waals surface area contributed by atoms with Gasteiger partial charge in [0.2, 0.25) is 0 Å². The summed E-state index contributed by atoms with van der Waals surface area (Å²) >= 11 is 12.5. The van der Waals surface area contributed by atoms with Crippen LogP contribution in [0.1, 0.15) is 29.8 Å². The van der Waals surface area contributed by atoms with E-state index in [4.69, 9.17) is 23.2 Å². The van der Waals surface area contributed by atoms with Crippen LogP contribution in [0.5, 0.6) is 0 Å². The second-order valence-corrected chi connectivity index (χ2v) is 7.44. The Balaban J connectivity index is 2.12. The number of halogens is 3. The van der Waals surface area contributed by atoms with Crippen LogP contribution in [0, 0.1) is 5.82 Å². The van der Waals surface area contributed by atoms with Gasteiger partial charge in [-0.1, -0.05) is 29.3 Å². The number of carboxylic acids is 1. The maximum absolute atomic E-state index is 14.3. The minimum absolute atomic E-state index is 0.0589. The standard InChI is InChI=1S/C20H17Cl2FN2O2/c21-12-5-4-6-13(11-12)25-15-8-7-14(23)17(22)16(15)18(19(25)20(26)27)24-9-2-1-3-10-24/h4-8,11H,1-3,9-10H2,(H,26,27). The normalized spacial score (nSPS) is 14.7. The van der Waals surface area contributed by atoms with Crippen molar-refractivity contribution < 1.29 is 14.3 Å². The molecular weight excluding hydrogens is 390 g/mol. The van der Waals surface area contributed by atoms with Crippen molar-refractivity contribution in [2.45, 2.75) is 19.3 Å². The molecule has 0 atom stereocenters. The minimum atomic E-state index is -1.09. The molecule has 7 heteroatoms. The number of fused-ring (bicyclic) bond motifs is 1. The van der Waals surface area contributed by atoms with Gasteiger partial charge in [-0.05, 0) is 49.6 Å². The van der Waals surface area contributed by atoms with Gasteiger partial charge in [0.05, 0.1) is 16.2 Å². The van der Waals surface area contributed by atoms with Crippen molar-refractivity contribution >= 4 is 45.8 Å². The van der Waals surface area contributed by atoms with E-state index in [0.717, 1.165) is 19.3 Å². The van der Waals surface area contributed by atoms with Crippen LogP contribution in [0.2, 0.25) is 10.0 Å².